The second-order valence-electron chi connectivity index (χ2n) is 4.51. The summed E-state index contributed by atoms with van der Waals surface area (Å²) >= 11 is 0. The average molecular weight is 240 g/mol. The minimum atomic E-state index is 0.640. The van der Waals surface area contributed by atoms with E-state index in [1.165, 1.54) is 12.1 Å². The molecule has 2 aliphatic heterocycles. The van der Waals surface area contributed by atoms with Gasteiger partial charge >= 0.3 is 0 Å². The monoisotopic (exact) mass is 240 g/mol. The van der Waals surface area contributed by atoms with E-state index < -0.39 is 0 Å². The summed E-state index contributed by atoms with van der Waals surface area (Å²) in [5.74, 6) is 0.669. The maximum Gasteiger partial charge on any atom is 0.0495 e. The fourth-order valence-electron chi connectivity index (χ4n) is 2.37. The second-order valence-corrected chi connectivity index (χ2v) is 4.51. The van der Waals surface area contributed by atoms with Gasteiger partial charge in [-0.25, -0.2) is 5.43 Å². The Balaban J connectivity index is 0.000000686. The Labute approximate surface area is 106 Å². The average Bonchev–Trinajstić information content (AvgIpc) is 2.90. The highest BCUT2D eigenvalue weighted by atomic mass is 16.5. The van der Waals surface area contributed by atoms with Gasteiger partial charge in [-0.1, -0.05) is 27.7 Å². The molecule has 2 heterocycles. The normalized spacial score (nSPS) is 22.8. The molecule has 1 fully saturated rings. The molecule has 0 saturated carbocycles. The lowest BCUT2D eigenvalue weighted by molar-refractivity contribution is 0.0307. The van der Waals surface area contributed by atoms with Gasteiger partial charge < -0.3 is 9.75 Å². The molecule has 1 unspecified atom stereocenters. The summed E-state index contributed by atoms with van der Waals surface area (Å²) in [6.45, 7) is 11.4. The van der Waals surface area contributed by atoms with Crippen LogP contribution in [-0.4, -0.2) is 30.8 Å². The van der Waals surface area contributed by atoms with Crippen molar-refractivity contribution in [2.24, 2.45) is 5.92 Å². The van der Waals surface area contributed by atoms with Crippen molar-refractivity contribution >= 4 is 0 Å². The minimum absolute atomic E-state index is 0.640. The van der Waals surface area contributed by atoms with E-state index in [2.05, 4.69) is 30.4 Å². The van der Waals surface area contributed by atoms with Crippen molar-refractivity contribution in [3.8, 4) is 0 Å². The summed E-state index contributed by atoms with van der Waals surface area (Å²) < 4.78 is 5.41. The highest BCUT2D eigenvalue weighted by molar-refractivity contribution is 5.11. The number of nitrogens with one attached hydrogen (secondary N) is 1. The molecule has 0 aliphatic carbocycles. The summed E-state index contributed by atoms with van der Waals surface area (Å²) in [4.78, 5) is 0. The molecule has 0 spiro atoms. The van der Waals surface area contributed by atoms with E-state index in [4.69, 9.17) is 4.74 Å². The molecular weight excluding hydrogens is 212 g/mol. The molecule has 1 saturated heterocycles. The van der Waals surface area contributed by atoms with Gasteiger partial charge in [0.2, 0.25) is 0 Å². The minimum Gasteiger partial charge on any atom is -0.381 e. The third kappa shape index (κ3) is 3.71. The van der Waals surface area contributed by atoms with Crippen molar-refractivity contribution in [3.63, 3.8) is 0 Å². The summed E-state index contributed by atoms with van der Waals surface area (Å²) in [5, 5.41) is 2.40. The van der Waals surface area contributed by atoms with E-state index in [0.717, 1.165) is 32.6 Å². The highest BCUT2D eigenvalue weighted by Crippen LogP contribution is 2.26. The van der Waals surface area contributed by atoms with Crippen LogP contribution in [0.25, 0.3) is 0 Å². The highest BCUT2D eigenvalue weighted by Gasteiger charge is 2.27. The Hall–Kier alpha value is -0.540. The van der Waals surface area contributed by atoms with Gasteiger partial charge in [0.05, 0.1) is 0 Å². The first-order valence-electron chi connectivity index (χ1n) is 7.13. The molecule has 0 aromatic carbocycles. The number of hydrogen-bond acceptors (Lipinski definition) is 3. The van der Waals surface area contributed by atoms with Crippen molar-refractivity contribution in [2.75, 3.05) is 19.8 Å². The fraction of sp³-hybridized carbons (Fsp3) is 0.857. The molecule has 0 radical (unpaired) electrons. The maximum atomic E-state index is 5.41. The zero-order valence-electron chi connectivity index (χ0n) is 11.8. The number of hydrazine groups is 1. The zero-order chi connectivity index (χ0) is 12.7. The van der Waals surface area contributed by atoms with E-state index in [1.54, 1.807) is 0 Å². The standard InChI is InChI=1S/C12H22N2O.C2H6/c1-3-10(2)12-4-7-13-14(12)11-5-8-15-9-6-11;1-2/h4,10-11,13H,3,5-9H2,1-2H3;1-2H3. The maximum absolute atomic E-state index is 5.41. The molecule has 100 valence electrons. The van der Waals surface area contributed by atoms with Crippen LogP contribution in [0.3, 0.4) is 0 Å². The van der Waals surface area contributed by atoms with Crippen molar-refractivity contribution in [1.82, 2.24) is 10.4 Å². The van der Waals surface area contributed by atoms with E-state index in [1.807, 2.05) is 13.8 Å². The Morgan fingerprint density at radius 1 is 1.41 bits per heavy atom. The quantitative estimate of drug-likeness (QED) is 0.821. The zero-order valence-corrected chi connectivity index (χ0v) is 11.8. The number of hydrogen-bond donors (Lipinski definition) is 1. The first-order chi connectivity index (χ1) is 8.33. The van der Waals surface area contributed by atoms with Gasteiger partial charge in [-0.05, 0) is 31.3 Å². The third-order valence-electron chi connectivity index (χ3n) is 3.52. The van der Waals surface area contributed by atoms with Crippen LogP contribution in [0.1, 0.15) is 47.0 Å². The first kappa shape index (κ1) is 14.5. The van der Waals surface area contributed by atoms with Gasteiger partial charge in [0.25, 0.3) is 0 Å². The molecule has 0 aromatic heterocycles. The van der Waals surface area contributed by atoms with Gasteiger partial charge in [0.15, 0.2) is 0 Å². The molecule has 0 aromatic rings. The Morgan fingerprint density at radius 3 is 2.65 bits per heavy atom. The predicted molar refractivity (Wildman–Crippen MR) is 72.6 cm³/mol. The first-order valence-corrected chi connectivity index (χ1v) is 7.13. The van der Waals surface area contributed by atoms with E-state index >= 15 is 0 Å². The topological polar surface area (TPSA) is 24.5 Å². The summed E-state index contributed by atoms with van der Waals surface area (Å²) in [7, 11) is 0. The van der Waals surface area contributed by atoms with Gasteiger partial charge in [0.1, 0.15) is 0 Å². The van der Waals surface area contributed by atoms with E-state index in [-0.39, 0.29) is 0 Å². The number of allylic oxidation sites excluding steroid dienone is 1. The molecule has 2 aliphatic rings. The second kappa shape index (κ2) is 7.72. The van der Waals surface area contributed by atoms with Crippen LogP contribution < -0.4 is 5.43 Å². The molecule has 3 heteroatoms. The van der Waals surface area contributed by atoms with Crippen LogP contribution in [0.4, 0.5) is 0 Å². The largest absolute Gasteiger partial charge is 0.381 e. The lowest BCUT2D eigenvalue weighted by Crippen LogP contribution is -2.45. The van der Waals surface area contributed by atoms with Crippen molar-refractivity contribution in [2.45, 2.75) is 53.0 Å². The Morgan fingerprint density at radius 2 is 2.06 bits per heavy atom. The Kier molecular flexibility index (Phi) is 6.60. The summed E-state index contributed by atoms with van der Waals surface area (Å²) in [6, 6.07) is 0.640. The number of nitrogens with zero attached hydrogens (tertiary/aromatic N) is 1. The van der Waals surface area contributed by atoms with Gasteiger partial charge in [-0.3, -0.25) is 0 Å². The van der Waals surface area contributed by atoms with Crippen molar-refractivity contribution < 1.29 is 4.74 Å². The predicted octanol–water partition coefficient (Wildman–Crippen LogP) is 2.94. The van der Waals surface area contributed by atoms with Crippen LogP contribution in [0.15, 0.2) is 11.8 Å². The molecule has 3 nitrogen and oxygen atoms in total. The molecule has 1 atom stereocenters. The van der Waals surface area contributed by atoms with Gasteiger partial charge in [-0.2, -0.15) is 0 Å². The Bertz CT molecular complexity index is 234. The third-order valence-corrected chi connectivity index (χ3v) is 3.52. The molecule has 17 heavy (non-hydrogen) atoms. The summed E-state index contributed by atoms with van der Waals surface area (Å²) in [5.41, 5.74) is 4.97. The van der Waals surface area contributed by atoms with Crippen LogP contribution in [-0.2, 0) is 4.74 Å². The lowest BCUT2D eigenvalue weighted by Gasteiger charge is -2.36. The molecule has 0 amide bonds. The van der Waals surface area contributed by atoms with E-state index in [9.17, 15) is 0 Å². The molecular formula is C14H28N2O. The smallest absolute Gasteiger partial charge is 0.0495 e. The van der Waals surface area contributed by atoms with Crippen LogP contribution in [0.5, 0.6) is 0 Å². The lowest BCUT2D eigenvalue weighted by atomic mass is 10.0. The molecule has 2 rings (SSSR count). The van der Waals surface area contributed by atoms with Gasteiger partial charge in [-0.15, -0.1) is 0 Å². The fourth-order valence-corrected chi connectivity index (χ4v) is 2.37. The van der Waals surface area contributed by atoms with Crippen LogP contribution in [0.2, 0.25) is 0 Å². The van der Waals surface area contributed by atoms with Crippen LogP contribution >= 0.6 is 0 Å². The molecule has 0 bridgehead atoms. The van der Waals surface area contributed by atoms with E-state index in [0.29, 0.717) is 12.0 Å². The van der Waals surface area contributed by atoms with Gasteiger partial charge in [0, 0.05) is 31.5 Å². The number of ether oxygens (including phenoxy) is 1. The molecule has 1 N–H and O–H groups in total. The SMILES string of the molecule is CC.CCC(C)C1=CCNN1C1CCOCC1. The van der Waals surface area contributed by atoms with Crippen molar-refractivity contribution in [1.29, 1.82) is 0 Å². The van der Waals surface area contributed by atoms with Crippen molar-refractivity contribution in [3.05, 3.63) is 11.8 Å². The number of rotatable bonds is 3. The summed E-state index contributed by atoms with van der Waals surface area (Å²) in [6.07, 6.45) is 5.86. The van der Waals surface area contributed by atoms with Crippen LogP contribution in [0, 0.1) is 5.92 Å².